The van der Waals surface area contributed by atoms with E-state index in [4.69, 9.17) is 16.7 Å². The van der Waals surface area contributed by atoms with Crippen LogP contribution in [0, 0.1) is 0 Å². The van der Waals surface area contributed by atoms with E-state index >= 15 is 0 Å². The number of hydrogen-bond acceptors (Lipinski definition) is 4. The Morgan fingerprint density at radius 2 is 1.81 bits per heavy atom. The maximum atomic E-state index is 12.3. The maximum Gasteiger partial charge on any atom is 0.337 e. The zero-order chi connectivity index (χ0) is 16.4. The van der Waals surface area contributed by atoms with Crippen LogP contribution in [0.15, 0.2) is 23.1 Å². The fourth-order valence-corrected chi connectivity index (χ4v) is 2.90. The second-order valence-electron chi connectivity index (χ2n) is 4.50. The monoisotopic (exact) mass is 334 g/mol. The standard InChI is InChI=1S/C12H15ClN2O5S/c1-14(2)11(16)7-15(3)21(19,20)8-4-5-9(12(17)18)10(13)6-8/h4-6H,7H2,1-3H3,(H,17,18). The van der Waals surface area contributed by atoms with Crippen LogP contribution in [0.2, 0.25) is 5.02 Å². The number of carbonyl (C=O) groups is 2. The molecule has 0 aliphatic heterocycles. The molecule has 1 aromatic carbocycles. The first-order valence-electron chi connectivity index (χ1n) is 5.76. The van der Waals surface area contributed by atoms with E-state index in [1.54, 1.807) is 0 Å². The van der Waals surface area contributed by atoms with Crippen molar-refractivity contribution in [2.45, 2.75) is 4.90 Å². The molecule has 116 valence electrons. The molecule has 0 bridgehead atoms. The van der Waals surface area contributed by atoms with Gasteiger partial charge in [-0.25, -0.2) is 13.2 Å². The number of sulfonamides is 1. The highest BCUT2D eigenvalue weighted by Gasteiger charge is 2.24. The lowest BCUT2D eigenvalue weighted by molar-refractivity contribution is -0.128. The van der Waals surface area contributed by atoms with Crippen molar-refractivity contribution in [2.24, 2.45) is 0 Å². The van der Waals surface area contributed by atoms with Crippen molar-refractivity contribution < 1.29 is 23.1 Å². The van der Waals surface area contributed by atoms with Crippen molar-refractivity contribution in [1.29, 1.82) is 0 Å². The summed E-state index contributed by atoms with van der Waals surface area (Å²) in [7, 11) is 0.366. The van der Waals surface area contributed by atoms with Gasteiger partial charge < -0.3 is 10.0 Å². The number of halogens is 1. The zero-order valence-corrected chi connectivity index (χ0v) is 13.3. The topological polar surface area (TPSA) is 95.0 Å². The van der Waals surface area contributed by atoms with Crippen LogP contribution in [-0.2, 0) is 14.8 Å². The van der Waals surface area contributed by atoms with Crippen molar-refractivity contribution >= 4 is 33.5 Å². The normalized spacial score (nSPS) is 11.5. The summed E-state index contributed by atoms with van der Waals surface area (Å²) in [6, 6.07) is 3.30. The van der Waals surface area contributed by atoms with Crippen LogP contribution >= 0.6 is 11.6 Å². The first-order chi connectivity index (χ1) is 9.57. The highest BCUT2D eigenvalue weighted by molar-refractivity contribution is 7.89. The van der Waals surface area contributed by atoms with E-state index in [1.807, 2.05) is 0 Å². The Bertz CT molecular complexity index is 672. The average molecular weight is 335 g/mol. The minimum absolute atomic E-state index is 0.174. The number of rotatable bonds is 5. The highest BCUT2D eigenvalue weighted by Crippen LogP contribution is 2.22. The third-order valence-corrected chi connectivity index (χ3v) is 4.85. The Labute approximate surface area is 127 Å². The molecule has 0 atom stereocenters. The van der Waals surface area contributed by atoms with E-state index in [0.717, 1.165) is 22.5 Å². The molecule has 9 heteroatoms. The Balaban J connectivity index is 3.11. The van der Waals surface area contributed by atoms with E-state index in [-0.39, 0.29) is 27.9 Å². The second-order valence-corrected chi connectivity index (χ2v) is 6.95. The largest absolute Gasteiger partial charge is 0.478 e. The molecule has 0 saturated heterocycles. The lowest BCUT2D eigenvalue weighted by Gasteiger charge is -2.19. The molecule has 7 nitrogen and oxygen atoms in total. The Morgan fingerprint density at radius 3 is 2.24 bits per heavy atom. The molecule has 21 heavy (non-hydrogen) atoms. The first kappa shape index (κ1) is 17.4. The molecule has 0 fully saturated rings. The number of benzene rings is 1. The van der Waals surface area contributed by atoms with Crippen molar-refractivity contribution in [3.63, 3.8) is 0 Å². The molecular weight excluding hydrogens is 320 g/mol. The van der Waals surface area contributed by atoms with Gasteiger partial charge in [-0.05, 0) is 18.2 Å². The molecule has 0 saturated carbocycles. The van der Waals surface area contributed by atoms with E-state index in [1.165, 1.54) is 26.0 Å². The van der Waals surface area contributed by atoms with Gasteiger partial charge in [0.05, 0.1) is 22.0 Å². The van der Waals surface area contributed by atoms with Crippen LogP contribution in [0.3, 0.4) is 0 Å². The summed E-state index contributed by atoms with van der Waals surface area (Å²) in [5.41, 5.74) is -0.192. The fraction of sp³-hybridized carbons (Fsp3) is 0.333. The molecule has 1 aromatic rings. The highest BCUT2D eigenvalue weighted by atomic mass is 35.5. The van der Waals surface area contributed by atoms with E-state index < -0.39 is 16.0 Å². The maximum absolute atomic E-state index is 12.3. The quantitative estimate of drug-likeness (QED) is 0.857. The molecule has 0 spiro atoms. The number of nitrogens with zero attached hydrogens (tertiary/aromatic N) is 2. The van der Waals surface area contributed by atoms with Crippen LogP contribution in [-0.4, -0.2) is 62.3 Å². The molecule has 0 radical (unpaired) electrons. The SMILES string of the molecule is CN(C)C(=O)CN(C)S(=O)(=O)c1ccc(C(=O)O)c(Cl)c1. The van der Waals surface area contributed by atoms with Crippen LogP contribution < -0.4 is 0 Å². The minimum atomic E-state index is -3.92. The summed E-state index contributed by atoms with van der Waals surface area (Å²) in [6.45, 7) is -0.326. The van der Waals surface area contributed by atoms with Crippen LogP contribution in [0.25, 0.3) is 0 Å². The summed E-state index contributed by atoms with van der Waals surface area (Å²) >= 11 is 5.75. The van der Waals surface area contributed by atoms with Crippen molar-refractivity contribution in [1.82, 2.24) is 9.21 Å². The van der Waals surface area contributed by atoms with Crippen LogP contribution in [0.4, 0.5) is 0 Å². The number of likely N-dealkylation sites (N-methyl/N-ethyl adjacent to an activating group) is 2. The van der Waals surface area contributed by atoms with Crippen LogP contribution in [0.5, 0.6) is 0 Å². The predicted octanol–water partition coefficient (Wildman–Crippen LogP) is 0.747. The summed E-state index contributed by atoms with van der Waals surface area (Å²) in [6.07, 6.45) is 0. The van der Waals surface area contributed by atoms with Gasteiger partial charge >= 0.3 is 5.97 Å². The number of carbonyl (C=O) groups excluding carboxylic acids is 1. The number of aromatic carboxylic acids is 1. The van der Waals surface area contributed by atoms with Crippen LogP contribution in [0.1, 0.15) is 10.4 Å². The number of carboxylic acid groups (broad SMARTS) is 1. The van der Waals surface area contributed by atoms with Gasteiger partial charge in [-0.2, -0.15) is 4.31 Å². The van der Waals surface area contributed by atoms with E-state index in [0.29, 0.717) is 0 Å². The third-order valence-electron chi connectivity index (χ3n) is 2.74. The molecule has 0 aromatic heterocycles. The molecule has 0 aliphatic rings. The van der Waals surface area contributed by atoms with Crippen molar-refractivity contribution in [3.8, 4) is 0 Å². The number of amides is 1. The van der Waals surface area contributed by atoms with Gasteiger partial charge in [-0.3, -0.25) is 4.79 Å². The van der Waals surface area contributed by atoms with Gasteiger partial charge in [0.2, 0.25) is 15.9 Å². The zero-order valence-electron chi connectivity index (χ0n) is 11.7. The molecule has 0 unspecified atom stereocenters. The predicted molar refractivity (Wildman–Crippen MR) is 76.9 cm³/mol. The van der Waals surface area contributed by atoms with Crippen molar-refractivity contribution in [2.75, 3.05) is 27.7 Å². The minimum Gasteiger partial charge on any atom is -0.478 e. The molecule has 1 rings (SSSR count). The summed E-state index contributed by atoms with van der Waals surface area (Å²) in [5.74, 6) is -1.63. The van der Waals surface area contributed by atoms with Gasteiger partial charge in [0.15, 0.2) is 0 Å². The number of carboxylic acids is 1. The first-order valence-corrected chi connectivity index (χ1v) is 7.58. The summed E-state index contributed by atoms with van der Waals surface area (Å²) in [5, 5.41) is 8.67. The van der Waals surface area contributed by atoms with Gasteiger partial charge in [0, 0.05) is 21.1 Å². The Morgan fingerprint density at radius 1 is 1.24 bits per heavy atom. The van der Waals surface area contributed by atoms with Gasteiger partial charge in [-0.1, -0.05) is 11.6 Å². The fourth-order valence-electron chi connectivity index (χ4n) is 1.43. The van der Waals surface area contributed by atoms with E-state index in [2.05, 4.69) is 0 Å². The molecule has 0 heterocycles. The van der Waals surface area contributed by atoms with E-state index in [9.17, 15) is 18.0 Å². The summed E-state index contributed by atoms with van der Waals surface area (Å²) < 4.78 is 25.4. The average Bonchev–Trinajstić information content (AvgIpc) is 2.37. The lowest BCUT2D eigenvalue weighted by atomic mass is 10.2. The third kappa shape index (κ3) is 3.93. The van der Waals surface area contributed by atoms with Crippen molar-refractivity contribution in [3.05, 3.63) is 28.8 Å². The Hall–Kier alpha value is -1.64. The molecular formula is C12H15ClN2O5S. The molecule has 1 amide bonds. The van der Waals surface area contributed by atoms with Gasteiger partial charge in [0.1, 0.15) is 0 Å². The molecule has 1 N–H and O–H groups in total. The van der Waals surface area contributed by atoms with Gasteiger partial charge in [-0.15, -0.1) is 0 Å². The lowest BCUT2D eigenvalue weighted by Crippen LogP contribution is -2.37. The van der Waals surface area contributed by atoms with Gasteiger partial charge in [0.25, 0.3) is 0 Å². The smallest absolute Gasteiger partial charge is 0.337 e. The number of hydrogen-bond donors (Lipinski definition) is 1. The second kappa shape index (κ2) is 6.42. The summed E-state index contributed by atoms with van der Waals surface area (Å²) in [4.78, 5) is 23.5. The Kier molecular flexibility index (Phi) is 5.32. The molecule has 0 aliphatic carbocycles.